The van der Waals surface area contributed by atoms with Crippen LogP contribution >= 0.6 is 11.8 Å². The third kappa shape index (κ3) is 2.79. The van der Waals surface area contributed by atoms with Crippen molar-refractivity contribution in [3.63, 3.8) is 0 Å². The quantitative estimate of drug-likeness (QED) is 0.338. The molecule has 0 aliphatic rings. The first-order valence-electron chi connectivity index (χ1n) is 9.32. The predicted octanol–water partition coefficient (Wildman–Crippen LogP) is 6.03. The topological polar surface area (TPSA) is 51.6 Å². The van der Waals surface area contributed by atoms with E-state index >= 15 is 0 Å². The summed E-state index contributed by atoms with van der Waals surface area (Å²) in [6.07, 6.45) is 3.62. The largest absolute Gasteiger partial charge is 0.254 e. The Morgan fingerprint density at radius 3 is 1.34 bits per heavy atom. The van der Waals surface area contributed by atoms with Crippen LogP contribution in [0.1, 0.15) is 0 Å². The van der Waals surface area contributed by atoms with Crippen molar-refractivity contribution in [1.82, 2.24) is 19.9 Å². The fourth-order valence-corrected chi connectivity index (χ4v) is 4.39. The molecule has 0 saturated heterocycles. The van der Waals surface area contributed by atoms with Gasteiger partial charge in [0.25, 0.3) is 0 Å². The van der Waals surface area contributed by atoms with Crippen LogP contribution in [-0.4, -0.2) is 19.9 Å². The van der Waals surface area contributed by atoms with E-state index in [1.54, 1.807) is 11.8 Å². The molecule has 2 aromatic carbocycles. The van der Waals surface area contributed by atoms with Crippen LogP contribution in [0.15, 0.2) is 95.2 Å². The number of pyridine rings is 4. The second-order valence-corrected chi connectivity index (χ2v) is 7.87. The van der Waals surface area contributed by atoms with Crippen LogP contribution in [0.2, 0.25) is 0 Å². The van der Waals surface area contributed by atoms with Crippen LogP contribution in [0.25, 0.3) is 43.6 Å². The van der Waals surface area contributed by atoms with E-state index in [1.807, 2.05) is 36.7 Å². The minimum atomic E-state index is 0.899. The van der Waals surface area contributed by atoms with E-state index in [0.29, 0.717) is 0 Å². The fourth-order valence-electron chi connectivity index (χ4n) is 3.63. The summed E-state index contributed by atoms with van der Waals surface area (Å²) >= 11 is 1.56. The molecule has 0 N–H and O–H groups in total. The molecule has 0 bridgehead atoms. The molecule has 4 nitrogen and oxygen atoms in total. The third-order valence-corrected chi connectivity index (χ3v) is 5.90. The highest BCUT2D eigenvalue weighted by Crippen LogP contribution is 2.31. The minimum absolute atomic E-state index is 0.899. The average Bonchev–Trinajstić information content (AvgIpc) is 2.79. The lowest BCUT2D eigenvalue weighted by atomic mass is 10.1. The second kappa shape index (κ2) is 6.50. The highest BCUT2D eigenvalue weighted by Gasteiger charge is 2.09. The molecule has 6 rings (SSSR count). The van der Waals surface area contributed by atoms with E-state index in [9.17, 15) is 0 Å². The average molecular weight is 390 g/mol. The maximum absolute atomic E-state index is 4.89. The van der Waals surface area contributed by atoms with Gasteiger partial charge in [0, 0.05) is 33.9 Å². The Morgan fingerprint density at radius 2 is 0.862 bits per heavy atom. The molecule has 0 radical (unpaired) electrons. The van der Waals surface area contributed by atoms with Gasteiger partial charge < -0.3 is 0 Å². The van der Waals surface area contributed by atoms with Crippen LogP contribution in [0, 0.1) is 0 Å². The van der Waals surface area contributed by atoms with E-state index in [0.717, 1.165) is 53.7 Å². The number of nitrogens with zero attached hydrogens (tertiary/aromatic N) is 4. The molecular formula is C24H14N4S. The van der Waals surface area contributed by atoms with Crippen molar-refractivity contribution in [2.24, 2.45) is 0 Å². The van der Waals surface area contributed by atoms with Gasteiger partial charge in [-0.1, -0.05) is 60.3 Å². The van der Waals surface area contributed by atoms with Gasteiger partial charge in [0.1, 0.15) is 10.1 Å². The molecule has 0 atom stereocenters. The molecule has 0 saturated carbocycles. The van der Waals surface area contributed by atoms with Gasteiger partial charge in [-0.05, 0) is 24.3 Å². The van der Waals surface area contributed by atoms with Crippen molar-refractivity contribution in [3.05, 3.63) is 85.2 Å². The fraction of sp³-hybridized carbons (Fsp3) is 0. The lowest BCUT2D eigenvalue weighted by Gasteiger charge is -2.07. The van der Waals surface area contributed by atoms with Gasteiger partial charge in [-0.2, -0.15) is 0 Å². The standard InChI is InChI=1S/C24H14N4S/c1-3-15-5-7-17-9-11-19(27-23(17)21(15)25-13-1)29-20-12-10-18-8-6-16-4-2-14-26-22(16)24(18)28-20/h1-14H. The Balaban J connectivity index is 1.48. The predicted molar refractivity (Wildman–Crippen MR) is 118 cm³/mol. The van der Waals surface area contributed by atoms with Crippen LogP contribution < -0.4 is 0 Å². The molecule has 0 unspecified atom stereocenters. The summed E-state index contributed by atoms with van der Waals surface area (Å²) in [5.74, 6) is 0. The molecule has 136 valence electrons. The first-order valence-corrected chi connectivity index (χ1v) is 10.1. The molecule has 6 aromatic rings. The minimum Gasteiger partial charge on any atom is -0.254 e. The summed E-state index contributed by atoms with van der Waals surface area (Å²) in [5.41, 5.74) is 3.69. The first-order chi connectivity index (χ1) is 14.3. The third-order valence-electron chi connectivity index (χ3n) is 5.02. The highest BCUT2D eigenvalue weighted by molar-refractivity contribution is 7.99. The normalized spacial score (nSPS) is 11.6. The molecule has 0 fully saturated rings. The van der Waals surface area contributed by atoms with Crippen molar-refractivity contribution >= 4 is 55.4 Å². The Hall–Kier alpha value is -3.57. The molecule has 5 heteroatoms. The summed E-state index contributed by atoms with van der Waals surface area (Å²) < 4.78 is 0. The SMILES string of the molecule is c1cnc2c(c1)ccc1ccc(Sc3ccc4ccc5cccnc5c4n3)nc12. The Kier molecular flexibility index (Phi) is 3.67. The lowest BCUT2D eigenvalue weighted by Crippen LogP contribution is -1.89. The van der Waals surface area contributed by atoms with Crippen molar-refractivity contribution in [1.29, 1.82) is 0 Å². The van der Waals surface area contributed by atoms with Crippen LogP contribution in [0.3, 0.4) is 0 Å². The van der Waals surface area contributed by atoms with Gasteiger partial charge >= 0.3 is 0 Å². The van der Waals surface area contributed by atoms with Gasteiger partial charge in [0.2, 0.25) is 0 Å². The maximum atomic E-state index is 4.89. The first kappa shape index (κ1) is 16.4. The van der Waals surface area contributed by atoms with Gasteiger partial charge in [0.15, 0.2) is 0 Å². The molecule has 0 aliphatic carbocycles. The molecule has 0 amide bonds. The monoisotopic (exact) mass is 390 g/mol. The van der Waals surface area contributed by atoms with E-state index < -0.39 is 0 Å². The van der Waals surface area contributed by atoms with E-state index in [4.69, 9.17) is 9.97 Å². The summed E-state index contributed by atoms with van der Waals surface area (Å²) in [7, 11) is 0. The van der Waals surface area contributed by atoms with Crippen LogP contribution in [0.5, 0.6) is 0 Å². The Labute approximate surface area is 170 Å². The van der Waals surface area contributed by atoms with Crippen LogP contribution in [-0.2, 0) is 0 Å². The summed E-state index contributed by atoms with van der Waals surface area (Å²) in [4.78, 5) is 18.8. The van der Waals surface area contributed by atoms with Gasteiger partial charge in [-0.3, -0.25) is 9.97 Å². The number of aromatic nitrogens is 4. The number of fused-ring (bicyclic) bond motifs is 6. The van der Waals surface area contributed by atoms with E-state index in [-0.39, 0.29) is 0 Å². The lowest BCUT2D eigenvalue weighted by molar-refractivity contribution is 1.14. The maximum Gasteiger partial charge on any atom is 0.103 e. The van der Waals surface area contributed by atoms with Crippen molar-refractivity contribution in [2.45, 2.75) is 10.1 Å². The van der Waals surface area contributed by atoms with Crippen molar-refractivity contribution in [3.8, 4) is 0 Å². The summed E-state index contributed by atoms with van der Waals surface area (Å²) in [5, 5.41) is 6.16. The van der Waals surface area contributed by atoms with Gasteiger partial charge in [0.05, 0.1) is 22.1 Å². The molecule has 4 heterocycles. The number of hydrogen-bond acceptors (Lipinski definition) is 5. The summed E-state index contributed by atoms with van der Waals surface area (Å²) in [6, 6.07) is 24.6. The van der Waals surface area contributed by atoms with Gasteiger partial charge in [-0.25, -0.2) is 9.97 Å². The Bertz CT molecular complexity index is 1430. The number of hydrogen-bond donors (Lipinski definition) is 0. The number of rotatable bonds is 2. The molecule has 29 heavy (non-hydrogen) atoms. The molecule has 0 aliphatic heterocycles. The van der Waals surface area contributed by atoms with Crippen molar-refractivity contribution < 1.29 is 0 Å². The highest BCUT2D eigenvalue weighted by atomic mass is 32.2. The summed E-state index contributed by atoms with van der Waals surface area (Å²) in [6.45, 7) is 0. The Morgan fingerprint density at radius 1 is 0.448 bits per heavy atom. The van der Waals surface area contributed by atoms with Gasteiger partial charge in [-0.15, -0.1) is 0 Å². The van der Waals surface area contributed by atoms with E-state index in [2.05, 4.69) is 58.5 Å². The molecule has 0 spiro atoms. The van der Waals surface area contributed by atoms with Crippen molar-refractivity contribution in [2.75, 3.05) is 0 Å². The van der Waals surface area contributed by atoms with Crippen LogP contribution in [0.4, 0.5) is 0 Å². The molecule has 4 aromatic heterocycles. The smallest absolute Gasteiger partial charge is 0.103 e. The zero-order valence-corrected chi connectivity index (χ0v) is 16.1. The zero-order chi connectivity index (χ0) is 19.2. The molecular weight excluding hydrogens is 376 g/mol. The zero-order valence-electron chi connectivity index (χ0n) is 15.3. The van der Waals surface area contributed by atoms with E-state index in [1.165, 1.54) is 0 Å². The second-order valence-electron chi connectivity index (χ2n) is 6.83. The number of benzene rings is 2.